The number of nitrogens with one attached hydrogen (secondary N) is 1. The van der Waals surface area contributed by atoms with Gasteiger partial charge in [0, 0.05) is 6.20 Å². The van der Waals surface area contributed by atoms with Crippen LogP contribution in [0.1, 0.15) is 10.6 Å². The quantitative estimate of drug-likeness (QED) is 0.533. The van der Waals surface area contributed by atoms with Crippen LogP contribution in [0, 0.1) is 10.1 Å². The summed E-state index contributed by atoms with van der Waals surface area (Å²) in [5.74, 6) is -1.21. The topological polar surface area (TPSA) is 98.3 Å². The summed E-state index contributed by atoms with van der Waals surface area (Å²) >= 11 is 3.16. The van der Waals surface area contributed by atoms with E-state index in [4.69, 9.17) is 4.42 Å². The zero-order valence-electron chi connectivity index (χ0n) is 8.79. The van der Waals surface area contributed by atoms with E-state index >= 15 is 0 Å². The van der Waals surface area contributed by atoms with Gasteiger partial charge in [-0.05, 0) is 34.1 Å². The summed E-state index contributed by atoms with van der Waals surface area (Å²) in [4.78, 5) is 25.3. The van der Waals surface area contributed by atoms with Crippen LogP contribution in [0.5, 0.6) is 0 Å². The normalized spacial score (nSPS) is 10.1. The molecule has 0 saturated carbocycles. The van der Waals surface area contributed by atoms with Crippen LogP contribution < -0.4 is 5.32 Å². The minimum Gasteiger partial charge on any atom is -0.395 e. The molecule has 0 atom stereocenters. The van der Waals surface area contributed by atoms with Gasteiger partial charge in [0.2, 0.25) is 0 Å². The number of carbonyl (C=O) groups is 1. The predicted molar refractivity (Wildman–Crippen MR) is 65.3 cm³/mol. The lowest BCUT2D eigenvalue weighted by Crippen LogP contribution is -2.11. The minimum atomic E-state index is -0.712. The summed E-state index contributed by atoms with van der Waals surface area (Å²) in [6, 6.07) is 5.63. The van der Waals surface area contributed by atoms with E-state index in [-0.39, 0.29) is 5.76 Å². The molecule has 8 heteroatoms. The van der Waals surface area contributed by atoms with Crippen LogP contribution in [-0.2, 0) is 0 Å². The molecule has 2 heterocycles. The van der Waals surface area contributed by atoms with Gasteiger partial charge in [0.25, 0.3) is 5.91 Å². The highest BCUT2D eigenvalue weighted by molar-refractivity contribution is 9.10. The molecule has 0 aromatic carbocycles. The van der Waals surface area contributed by atoms with E-state index in [1.807, 2.05) is 0 Å². The van der Waals surface area contributed by atoms with E-state index in [1.165, 1.54) is 6.07 Å². The Balaban J connectivity index is 2.17. The third-order valence-electron chi connectivity index (χ3n) is 2.00. The van der Waals surface area contributed by atoms with Crippen molar-refractivity contribution >= 4 is 33.4 Å². The first-order valence-electron chi connectivity index (χ1n) is 4.74. The second-order valence-electron chi connectivity index (χ2n) is 3.19. The molecule has 0 spiro atoms. The minimum absolute atomic E-state index is 0.141. The maximum atomic E-state index is 11.7. The summed E-state index contributed by atoms with van der Waals surface area (Å²) in [6.07, 6.45) is 1.55. The number of nitro groups is 1. The lowest BCUT2D eigenvalue weighted by Gasteiger charge is -2.03. The van der Waals surface area contributed by atoms with Crippen LogP contribution in [0.2, 0.25) is 0 Å². The van der Waals surface area contributed by atoms with Gasteiger partial charge in [0.1, 0.15) is 9.53 Å². The molecule has 92 valence electrons. The van der Waals surface area contributed by atoms with Crippen molar-refractivity contribution in [3.63, 3.8) is 0 Å². The first-order valence-corrected chi connectivity index (χ1v) is 5.53. The van der Waals surface area contributed by atoms with E-state index in [9.17, 15) is 14.9 Å². The van der Waals surface area contributed by atoms with E-state index in [0.717, 1.165) is 6.07 Å². The fourth-order valence-corrected chi connectivity index (χ4v) is 1.56. The first kappa shape index (κ1) is 12.2. The molecule has 0 unspecified atom stereocenters. The molecule has 2 aromatic heterocycles. The van der Waals surface area contributed by atoms with Gasteiger partial charge in [-0.2, -0.15) is 0 Å². The van der Waals surface area contributed by atoms with Gasteiger partial charge in [-0.1, -0.05) is 0 Å². The van der Waals surface area contributed by atoms with Gasteiger partial charge < -0.3 is 9.73 Å². The van der Waals surface area contributed by atoms with Crippen LogP contribution in [0.3, 0.4) is 0 Å². The van der Waals surface area contributed by atoms with Crippen molar-refractivity contribution in [1.82, 2.24) is 4.98 Å². The molecule has 1 amide bonds. The highest BCUT2D eigenvalue weighted by atomic mass is 79.9. The molecule has 1 N–H and O–H groups in total. The number of rotatable bonds is 3. The number of hydrogen-bond acceptors (Lipinski definition) is 5. The average molecular weight is 312 g/mol. The number of furan rings is 1. The molecule has 2 aromatic rings. The highest BCUT2D eigenvalue weighted by Gasteiger charge is 2.17. The number of hydrogen-bond donors (Lipinski definition) is 1. The second-order valence-corrected chi connectivity index (χ2v) is 3.94. The molecule has 7 nitrogen and oxygen atoms in total. The molecule has 0 fully saturated rings. The molecule has 0 saturated heterocycles. The van der Waals surface area contributed by atoms with Crippen molar-refractivity contribution in [2.45, 2.75) is 0 Å². The Morgan fingerprint density at radius 3 is 2.83 bits per heavy atom. The van der Waals surface area contributed by atoms with Crippen LogP contribution in [-0.4, -0.2) is 15.8 Å². The van der Waals surface area contributed by atoms with Gasteiger partial charge >= 0.3 is 5.88 Å². The SMILES string of the molecule is O=C(Nc1cccnc1Br)c1ccc([N+](=O)[O-])o1. The summed E-state index contributed by atoms with van der Waals surface area (Å²) < 4.78 is 5.23. The van der Waals surface area contributed by atoms with Crippen molar-refractivity contribution in [3.8, 4) is 0 Å². The molecular formula is C10H6BrN3O4. The maximum absolute atomic E-state index is 11.7. The Bertz CT molecular complexity index is 611. The number of anilines is 1. The number of pyridine rings is 1. The standard InChI is InChI=1S/C10H6BrN3O4/c11-9-6(2-1-5-12-9)13-10(15)7-3-4-8(18-7)14(16)17/h1-5H,(H,13,15). The predicted octanol–water partition coefficient (Wildman–Crippen LogP) is 2.60. The van der Waals surface area contributed by atoms with Gasteiger partial charge in [-0.25, -0.2) is 4.98 Å². The Hall–Kier alpha value is -2.22. The molecule has 0 bridgehead atoms. The van der Waals surface area contributed by atoms with Crippen LogP contribution in [0.15, 0.2) is 39.5 Å². The Morgan fingerprint density at radius 1 is 1.44 bits per heavy atom. The Morgan fingerprint density at radius 2 is 2.22 bits per heavy atom. The third kappa shape index (κ3) is 2.54. The molecule has 0 radical (unpaired) electrons. The monoisotopic (exact) mass is 311 g/mol. The molecule has 2 rings (SSSR count). The van der Waals surface area contributed by atoms with Crippen LogP contribution in [0.25, 0.3) is 0 Å². The smallest absolute Gasteiger partial charge is 0.395 e. The van der Waals surface area contributed by atoms with Crippen molar-refractivity contribution in [1.29, 1.82) is 0 Å². The van der Waals surface area contributed by atoms with E-state index in [1.54, 1.807) is 18.3 Å². The van der Waals surface area contributed by atoms with Crippen molar-refractivity contribution in [2.24, 2.45) is 0 Å². The molecule has 0 aliphatic rings. The van der Waals surface area contributed by atoms with E-state index in [0.29, 0.717) is 10.3 Å². The fourth-order valence-electron chi connectivity index (χ4n) is 1.21. The number of carbonyl (C=O) groups excluding carboxylic acids is 1. The van der Waals surface area contributed by atoms with Crippen LogP contribution >= 0.6 is 15.9 Å². The highest BCUT2D eigenvalue weighted by Crippen LogP contribution is 2.21. The lowest BCUT2D eigenvalue weighted by molar-refractivity contribution is -0.402. The lowest BCUT2D eigenvalue weighted by atomic mass is 10.4. The first-order chi connectivity index (χ1) is 8.58. The zero-order valence-corrected chi connectivity index (χ0v) is 10.4. The Kier molecular flexibility index (Phi) is 3.38. The van der Waals surface area contributed by atoms with Gasteiger partial charge in [-0.15, -0.1) is 0 Å². The average Bonchev–Trinajstić information content (AvgIpc) is 2.81. The summed E-state index contributed by atoms with van der Waals surface area (Å²) in [6.45, 7) is 0. The van der Waals surface area contributed by atoms with E-state index < -0.39 is 16.7 Å². The molecule has 18 heavy (non-hydrogen) atoms. The van der Waals surface area contributed by atoms with Crippen LogP contribution in [0.4, 0.5) is 11.6 Å². The fraction of sp³-hybridized carbons (Fsp3) is 0. The van der Waals surface area contributed by atoms with Crippen molar-refractivity contribution in [2.75, 3.05) is 5.32 Å². The third-order valence-corrected chi connectivity index (χ3v) is 2.63. The van der Waals surface area contributed by atoms with Gasteiger partial charge in [-0.3, -0.25) is 14.9 Å². The van der Waals surface area contributed by atoms with Gasteiger partial charge in [0.05, 0.1) is 11.8 Å². The number of nitrogens with zero attached hydrogens (tertiary/aromatic N) is 2. The van der Waals surface area contributed by atoms with Gasteiger partial charge in [0.15, 0.2) is 5.76 Å². The molecular weight excluding hydrogens is 306 g/mol. The summed E-state index contributed by atoms with van der Waals surface area (Å²) in [5, 5.41) is 12.9. The summed E-state index contributed by atoms with van der Waals surface area (Å²) in [7, 11) is 0. The Labute approximate surface area is 109 Å². The molecule has 0 aliphatic heterocycles. The number of aromatic nitrogens is 1. The number of amides is 1. The molecule has 0 aliphatic carbocycles. The maximum Gasteiger partial charge on any atom is 0.433 e. The van der Waals surface area contributed by atoms with E-state index in [2.05, 4.69) is 26.2 Å². The van der Waals surface area contributed by atoms with Crippen molar-refractivity contribution < 1.29 is 14.1 Å². The summed E-state index contributed by atoms with van der Waals surface area (Å²) in [5.41, 5.74) is 0.446. The van der Waals surface area contributed by atoms with Crippen molar-refractivity contribution in [3.05, 3.63) is 50.9 Å². The number of halogens is 1. The largest absolute Gasteiger partial charge is 0.433 e. The second kappa shape index (κ2) is 4.96. The zero-order chi connectivity index (χ0) is 13.1.